The van der Waals surface area contributed by atoms with Crippen molar-refractivity contribution in [2.24, 2.45) is 5.73 Å². The Hall–Kier alpha value is -1.80. The first-order valence-electron chi connectivity index (χ1n) is 7.08. The van der Waals surface area contributed by atoms with Crippen LogP contribution in [-0.4, -0.2) is 69.2 Å². The highest BCUT2D eigenvalue weighted by atomic mass is 15.5. The monoisotopic (exact) mass is 276 g/mol. The molecule has 3 heterocycles. The lowest BCUT2D eigenvalue weighted by atomic mass is 10.2. The summed E-state index contributed by atoms with van der Waals surface area (Å²) in [4.78, 5) is 8.98. The van der Waals surface area contributed by atoms with Gasteiger partial charge in [-0.2, -0.15) is 4.52 Å². The van der Waals surface area contributed by atoms with E-state index in [1.807, 2.05) is 6.20 Å². The van der Waals surface area contributed by atoms with Crippen molar-refractivity contribution in [2.75, 3.05) is 44.2 Å². The second-order valence-corrected chi connectivity index (χ2v) is 5.04. The van der Waals surface area contributed by atoms with E-state index in [1.54, 1.807) is 10.7 Å². The number of nitrogens with two attached hydrogens (primary N) is 1. The van der Waals surface area contributed by atoms with E-state index in [-0.39, 0.29) is 0 Å². The molecule has 0 saturated carbocycles. The van der Waals surface area contributed by atoms with Crippen LogP contribution >= 0.6 is 0 Å². The van der Waals surface area contributed by atoms with Crippen molar-refractivity contribution in [1.29, 1.82) is 0 Å². The standard InChI is InChI=1S/C12H20N8/c13-3-1-2-4-18-5-7-19(8-6-18)12-10-14-9-11-15-16-17-20(11)12/h9-10H,1-8,13H2. The van der Waals surface area contributed by atoms with E-state index in [4.69, 9.17) is 5.73 Å². The van der Waals surface area contributed by atoms with Gasteiger partial charge in [-0.05, 0) is 36.4 Å². The third-order valence-electron chi connectivity index (χ3n) is 3.72. The summed E-state index contributed by atoms with van der Waals surface area (Å²) >= 11 is 0. The maximum absolute atomic E-state index is 5.53. The number of piperazine rings is 1. The molecule has 0 amide bonds. The number of fused-ring (bicyclic) bond motifs is 1. The van der Waals surface area contributed by atoms with Crippen LogP contribution in [0, 0.1) is 0 Å². The van der Waals surface area contributed by atoms with Crippen molar-refractivity contribution in [1.82, 2.24) is 29.9 Å². The van der Waals surface area contributed by atoms with Gasteiger partial charge in [0.05, 0.1) is 12.4 Å². The fourth-order valence-corrected chi connectivity index (χ4v) is 2.56. The van der Waals surface area contributed by atoms with Gasteiger partial charge in [-0.1, -0.05) is 0 Å². The van der Waals surface area contributed by atoms with Crippen LogP contribution in [0.2, 0.25) is 0 Å². The van der Waals surface area contributed by atoms with E-state index in [2.05, 4.69) is 30.3 Å². The van der Waals surface area contributed by atoms with Crippen molar-refractivity contribution >= 4 is 11.5 Å². The van der Waals surface area contributed by atoms with Crippen molar-refractivity contribution < 1.29 is 0 Å². The highest BCUT2D eigenvalue weighted by Gasteiger charge is 2.19. The molecule has 108 valence electrons. The third kappa shape index (κ3) is 2.70. The molecule has 2 aromatic heterocycles. The molecule has 2 aromatic rings. The molecule has 8 heteroatoms. The first-order valence-corrected chi connectivity index (χ1v) is 7.08. The Kier molecular flexibility index (Phi) is 4.03. The molecule has 0 spiro atoms. The van der Waals surface area contributed by atoms with Crippen LogP contribution in [0.15, 0.2) is 12.4 Å². The molecule has 0 aliphatic carbocycles. The van der Waals surface area contributed by atoms with Crippen LogP contribution in [0.25, 0.3) is 5.65 Å². The maximum atomic E-state index is 5.53. The van der Waals surface area contributed by atoms with Crippen molar-refractivity contribution in [2.45, 2.75) is 12.8 Å². The van der Waals surface area contributed by atoms with E-state index in [9.17, 15) is 0 Å². The van der Waals surface area contributed by atoms with Gasteiger partial charge in [0, 0.05) is 26.2 Å². The van der Waals surface area contributed by atoms with Crippen LogP contribution in [0.5, 0.6) is 0 Å². The van der Waals surface area contributed by atoms with Crippen molar-refractivity contribution in [3.05, 3.63) is 12.4 Å². The first kappa shape index (κ1) is 13.2. The van der Waals surface area contributed by atoms with Gasteiger partial charge >= 0.3 is 0 Å². The van der Waals surface area contributed by atoms with E-state index in [1.165, 1.54) is 6.42 Å². The number of hydrogen-bond acceptors (Lipinski definition) is 7. The van der Waals surface area contributed by atoms with Gasteiger partial charge in [0.15, 0.2) is 11.5 Å². The topological polar surface area (TPSA) is 88.5 Å². The van der Waals surface area contributed by atoms with Gasteiger partial charge < -0.3 is 10.6 Å². The van der Waals surface area contributed by atoms with Gasteiger partial charge in [0.25, 0.3) is 0 Å². The van der Waals surface area contributed by atoms with E-state index < -0.39 is 0 Å². The lowest BCUT2D eigenvalue weighted by Gasteiger charge is -2.35. The van der Waals surface area contributed by atoms with Crippen LogP contribution < -0.4 is 10.6 Å². The zero-order chi connectivity index (χ0) is 13.8. The Morgan fingerprint density at radius 3 is 2.75 bits per heavy atom. The molecule has 0 radical (unpaired) electrons. The van der Waals surface area contributed by atoms with E-state index in [0.29, 0.717) is 5.65 Å². The molecule has 1 aliphatic rings. The van der Waals surface area contributed by atoms with Crippen LogP contribution in [0.3, 0.4) is 0 Å². The third-order valence-corrected chi connectivity index (χ3v) is 3.72. The number of hydrogen-bond donors (Lipinski definition) is 1. The Balaban J connectivity index is 1.62. The van der Waals surface area contributed by atoms with Crippen LogP contribution in [0.1, 0.15) is 12.8 Å². The average molecular weight is 276 g/mol. The summed E-state index contributed by atoms with van der Waals surface area (Å²) in [7, 11) is 0. The second kappa shape index (κ2) is 6.10. The maximum Gasteiger partial charge on any atom is 0.199 e. The highest BCUT2D eigenvalue weighted by molar-refractivity contribution is 5.46. The number of tetrazole rings is 1. The fraction of sp³-hybridized carbons (Fsp3) is 0.667. The molecule has 8 nitrogen and oxygen atoms in total. The number of anilines is 1. The largest absolute Gasteiger partial charge is 0.353 e. The molecule has 3 rings (SSSR count). The molecule has 0 atom stereocenters. The van der Waals surface area contributed by atoms with Crippen LogP contribution in [0.4, 0.5) is 5.82 Å². The van der Waals surface area contributed by atoms with Gasteiger partial charge in [0.2, 0.25) is 0 Å². The molecule has 0 bridgehead atoms. The molecular formula is C12H20N8. The van der Waals surface area contributed by atoms with Crippen LogP contribution in [-0.2, 0) is 0 Å². The smallest absolute Gasteiger partial charge is 0.199 e. The Bertz CT molecular complexity index is 545. The minimum Gasteiger partial charge on any atom is -0.353 e. The molecular weight excluding hydrogens is 256 g/mol. The summed E-state index contributed by atoms with van der Waals surface area (Å²) in [6.07, 6.45) is 5.79. The molecule has 20 heavy (non-hydrogen) atoms. The van der Waals surface area contributed by atoms with Gasteiger partial charge in [-0.15, -0.1) is 5.10 Å². The molecule has 2 N–H and O–H groups in total. The summed E-state index contributed by atoms with van der Waals surface area (Å²) in [6, 6.07) is 0. The second-order valence-electron chi connectivity index (χ2n) is 5.04. The van der Waals surface area contributed by atoms with E-state index >= 15 is 0 Å². The summed E-state index contributed by atoms with van der Waals surface area (Å²) < 4.78 is 1.75. The highest BCUT2D eigenvalue weighted by Crippen LogP contribution is 2.15. The van der Waals surface area contributed by atoms with Crippen molar-refractivity contribution in [3.63, 3.8) is 0 Å². The summed E-state index contributed by atoms with van der Waals surface area (Å²) in [5.74, 6) is 0.967. The Morgan fingerprint density at radius 1 is 1.10 bits per heavy atom. The lowest BCUT2D eigenvalue weighted by Crippen LogP contribution is -2.47. The molecule has 0 unspecified atom stereocenters. The lowest BCUT2D eigenvalue weighted by molar-refractivity contribution is 0.252. The number of rotatable bonds is 5. The average Bonchev–Trinajstić information content (AvgIpc) is 2.97. The molecule has 0 aromatic carbocycles. The zero-order valence-electron chi connectivity index (χ0n) is 11.5. The van der Waals surface area contributed by atoms with Gasteiger partial charge in [-0.25, -0.2) is 0 Å². The number of unbranched alkanes of at least 4 members (excludes halogenated alkanes) is 1. The van der Waals surface area contributed by atoms with Gasteiger partial charge in [-0.3, -0.25) is 9.88 Å². The predicted octanol–water partition coefficient (Wildman–Crippen LogP) is -0.620. The quantitative estimate of drug-likeness (QED) is 0.728. The minimum atomic E-state index is 0.688. The van der Waals surface area contributed by atoms with Gasteiger partial charge in [0.1, 0.15) is 0 Å². The molecule has 1 aliphatic heterocycles. The first-order chi connectivity index (χ1) is 9.88. The summed E-state index contributed by atoms with van der Waals surface area (Å²) in [5.41, 5.74) is 6.22. The SMILES string of the molecule is NCCCCN1CCN(c2cncc3nnnn23)CC1. The number of nitrogens with zero attached hydrogens (tertiary/aromatic N) is 7. The molecule has 1 saturated heterocycles. The summed E-state index contributed by atoms with van der Waals surface area (Å²) in [5, 5.41) is 11.6. The predicted molar refractivity (Wildman–Crippen MR) is 75.5 cm³/mol. The Labute approximate surface area is 117 Å². The number of aromatic nitrogens is 5. The summed E-state index contributed by atoms with van der Waals surface area (Å²) in [6.45, 7) is 5.99. The zero-order valence-corrected chi connectivity index (χ0v) is 11.5. The fourth-order valence-electron chi connectivity index (χ4n) is 2.56. The molecule has 1 fully saturated rings. The Morgan fingerprint density at radius 2 is 1.95 bits per heavy atom. The van der Waals surface area contributed by atoms with E-state index in [0.717, 1.165) is 51.5 Å². The minimum absolute atomic E-state index is 0.688. The van der Waals surface area contributed by atoms with Crippen molar-refractivity contribution in [3.8, 4) is 0 Å². The normalized spacial score (nSPS) is 16.9.